The summed E-state index contributed by atoms with van der Waals surface area (Å²) in [6.45, 7) is 11.2. The topological polar surface area (TPSA) is 20.2 Å². The Labute approximate surface area is 68.8 Å². The minimum atomic E-state index is 0. The summed E-state index contributed by atoms with van der Waals surface area (Å²) in [6, 6.07) is 0. The third kappa shape index (κ3) is 3.68. The van der Waals surface area contributed by atoms with Gasteiger partial charge in [-0.25, -0.2) is 0 Å². The zero-order chi connectivity index (χ0) is 8.04. The third-order valence-electron chi connectivity index (χ3n) is 2.59. The fraction of sp³-hybridized carbons (Fsp3) is 1.00. The first kappa shape index (κ1) is 13.4. The highest BCUT2D eigenvalue weighted by atomic mass is 19.0. The van der Waals surface area contributed by atoms with Crippen molar-refractivity contribution < 1.29 is 14.3 Å². The van der Waals surface area contributed by atoms with E-state index in [1.54, 1.807) is 0 Å². The first-order chi connectivity index (χ1) is 4.74. The van der Waals surface area contributed by atoms with E-state index in [1.165, 1.54) is 0 Å². The largest absolute Gasteiger partial charge is 1.00 e. The number of hydrogen-bond donors (Lipinski definition) is 1. The van der Waals surface area contributed by atoms with Gasteiger partial charge < -0.3 is 14.3 Å². The molecule has 3 heteroatoms. The molecule has 11 heavy (non-hydrogen) atoms. The van der Waals surface area contributed by atoms with Crippen molar-refractivity contribution in [2.45, 2.75) is 20.8 Å². The molecule has 0 spiro atoms. The highest BCUT2D eigenvalue weighted by molar-refractivity contribution is 4.35. The van der Waals surface area contributed by atoms with Gasteiger partial charge in [0.1, 0.15) is 6.54 Å². The average molecular weight is 165 g/mol. The van der Waals surface area contributed by atoms with E-state index in [4.69, 9.17) is 5.11 Å². The van der Waals surface area contributed by atoms with E-state index < -0.39 is 0 Å². The Hall–Kier alpha value is -0.150. The predicted octanol–water partition coefficient (Wildman–Crippen LogP) is -2.14. The van der Waals surface area contributed by atoms with Gasteiger partial charge >= 0.3 is 0 Å². The molecule has 0 heterocycles. The molecule has 0 saturated heterocycles. The van der Waals surface area contributed by atoms with Crippen LogP contribution in [0, 0.1) is 0 Å². The molecule has 0 saturated carbocycles. The maximum Gasteiger partial charge on any atom is 0.102 e. The number of likely N-dealkylation sites (N-methyl/N-ethyl adjacent to an activating group) is 1. The van der Waals surface area contributed by atoms with E-state index in [2.05, 4.69) is 20.8 Å². The number of nitrogens with zero attached hydrogens (tertiary/aromatic N) is 1. The average Bonchev–Trinajstić information content (AvgIpc) is 2.01. The van der Waals surface area contributed by atoms with Crippen molar-refractivity contribution in [3.63, 3.8) is 0 Å². The zero-order valence-corrected chi connectivity index (χ0v) is 7.81. The molecule has 0 fully saturated rings. The van der Waals surface area contributed by atoms with Crippen molar-refractivity contribution in [1.29, 1.82) is 0 Å². The van der Waals surface area contributed by atoms with Crippen LogP contribution in [0.2, 0.25) is 0 Å². The molecule has 1 N–H and O–H groups in total. The molecule has 0 aliphatic heterocycles. The van der Waals surface area contributed by atoms with Crippen molar-refractivity contribution >= 4 is 0 Å². The van der Waals surface area contributed by atoms with Gasteiger partial charge in [-0.3, -0.25) is 0 Å². The zero-order valence-electron chi connectivity index (χ0n) is 7.81. The molecule has 0 aliphatic carbocycles. The molecule has 0 aromatic rings. The highest BCUT2D eigenvalue weighted by Crippen LogP contribution is 2.03. The number of aliphatic hydroxyl groups is 1. The summed E-state index contributed by atoms with van der Waals surface area (Å²) in [5.41, 5.74) is 0. The van der Waals surface area contributed by atoms with Crippen LogP contribution in [0.15, 0.2) is 0 Å². The van der Waals surface area contributed by atoms with Gasteiger partial charge in [-0.2, -0.15) is 0 Å². The first-order valence-corrected chi connectivity index (χ1v) is 4.20. The van der Waals surface area contributed by atoms with Gasteiger partial charge in [-0.1, -0.05) is 0 Å². The van der Waals surface area contributed by atoms with Crippen LogP contribution in [0.3, 0.4) is 0 Å². The fourth-order valence-electron chi connectivity index (χ4n) is 1.36. The Morgan fingerprint density at radius 1 is 1.00 bits per heavy atom. The lowest BCUT2D eigenvalue weighted by atomic mass is 10.3. The summed E-state index contributed by atoms with van der Waals surface area (Å²) in [4.78, 5) is 0. The minimum Gasteiger partial charge on any atom is -1.00 e. The fourth-order valence-corrected chi connectivity index (χ4v) is 1.36. The van der Waals surface area contributed by atoms with Gasteiger partial charge in [-0.15, -0.1) is 0 Å². The number of quaternary nitrogens is 1. The molecule has 0 amide bonds. The molecule has 0 aliphatic rings. The van der Waals surface area contributed by atoms with E-state index >= 15 is 0 Å². The summed E-state index contributed by atoms with van der Waals surface area (Å²) >= 11 is 0. The molecular weight excluding hydrogens is 145 g/mol. The molecule has 0 unspecified atom stereocenters. The molecular formula is C8H20FNO. The quantitative estimate of drug-likeness (QED) is 0.461. The van der Waals surface area contributed by atoms with Crippen molar-refractivity contribution in [2.24, 2.45) is 0 Å². The summed E-state index contributed by atoms with van der Waals surface area (Å²) < 4.78 is 1.05. The van der Waals surface area contributed by atoms with Crippen molar-refractivity contribution in [2.75, 3.05) is 32.8 Å². The van der Waals surface area contributed by atoms with Crippen LogP contribution >= 0.6 is 0 Å². The molecule has 0 aromatic carbocycles. The number of hydrogen-bond acceptors (Lipinski definition) is 1. The number of rotatable bonds is 5. The summed E-state index contributed by atoms with van der Waals surface area (Å²) in [6.07, 6.45) is 0. The third-order valence-corrected chi connectivity index (χ3v) is 2.59. The van der Waals surface area contributed by atoms with Crippen molar-refractivity contribution in [1.82, 2.24) is 0 Å². The predicted molar refractivity (Wildman–Crippen MR) is 43.8 cm³/mol. The molecule has 0 radical (unpaired) electrons. The SMILES string of the molecule is CC[N+](CC)(CC)CCO.[F-]. The molecule has 0 bridgehead atoms. The van der Waals surface area contributed by atoms with E-state index in [0.717, 1.165) is 30.7 Å². The van der Waals surface area contributed by atoms with E-state index in [9.17, 15) is 0 Å². The Morgan fingerprint density at radius 3 is 1.45 bits per heavy atom. The number of halogens is 1. The van der Waals surface area contributed by atoms with Crippen LogP contribution in [0.4, 0.5) is 0 Å². The lowest BCUT2D eigenvalue weighted by molar-refractivity contribution is -0.923. The van der Waals surface area contributed by atoms with Crippen LogP contribution in [0.1, 0.15) is 20.8 Å². The maximum atomic E-state index is 8.78. The Balaban J connectivity index is 0. The van der Waals surface area contributed by atoms with Gasteiger partial charge in [-0.05, 0) is 20.8 Å². The monoisotopic (exact) mass is 165 g/mol. The van der Waals surface area contributed by atoms with Crippen LogP contribution < -0.4 is 4.70 Å². The van der Waals surface area contributed by atoms with E-state index in [1.807, 2.05) is 0 Å². The lowest BCUT2D eigenvalue weighted by Crippen LogP contribution is -3.00. The Bertz CT molecular complexity index is 75.9. The van der Waals surface area contributed by atoms with Gasteiger partial charge in [0, 0.05) is 0 Å². The van der Waals surface area contributed by atoms with Crippen LogP contribution in [-0.2, 0) is 0 Å². The Kier molecular flexibility index (Phi) is 8.01. The van der Waals surface area contributed by atoms with Crippen LogP contribution in [-0.4, -0.2) is 42.4 Å². The molecule has 70 valence electrons. The van der Waals surface area contributed by atoms with E-state index in [0.29, 0.717) is 6.61 Å². The Morgan fingerprint density at radius 2 is 1.36 bits per heavy atom. The highest BCUT2D eigenvalue weighted by Gasteiger charge is 2.18. The van der Waals surface area contributed by atoms with Crippen molar-refractivity contribution in [3.05, 3.63) is 0 Å². The first-order valence-electron chi connectivity index (χ1n) is 4.20. The molecule has 0 atom stereocenters. The summed E-state index contributed by atoms with van der Waals surface area (Å²) in [5.74, 6) is 0. The normalized spacial score (nSPS) is 10.9. The van der Waals surface area contributed by atoms with E-state index in [-0.39, 0.29) is 4.70 Å². The van der Waals surface area contributed by atoms with Crippen molar-refractivity contribution in [3.8, 4) is 0 Å². The number of aliphatic hydroxyl groups excluding tert-OH is 1. The van der Waals surface area contributed by atoms with Gasteiger partial charge in [0.15, 0.2) is 0 Å². The summed E-state index contributed by atoms with van der Waals surface area (Å²) in [7, 11) is 0. The second kappa shape index (κ2) is 6.55. The molecule has 2 nitrogen and oxygen atoms in total. The maximum absolute atomic E-state index is 8.78. The van der Waals surface area contributed by atoms with Gasteiger partial charge in [0.05, 0.1) is 26.2 Å². The minimum absolute atomic E-state index is 0. The lowest BCUT2D eigenvalue weighted by Gasteiger charge is -2.34. The molecule has 0 rings (SSSR count). The van der Waals surface area contributed by atoms with Crippen LogP contribution in [0.5, 0.6) is 0 Å². The van der Waals surface area contributed by atoms with Crippen LogP contribution in [0.25, 0.3) is 0 Å². The standard InChI is InChI=1S/C8H20NO.FH/c1-4-9(5-2,6-3)7-8-10;/h10H,4-8H2,1-3H3;1H/q+1;/p-1. The second-order valence-corrected chi connectivity index (χ2v) is 2.74. The smallest absolute Gasteiger partial charge is 0.102 e. The second-order valence-electron chi connectivity index (χ2n) is 2.74. The van der Waals surface area contributed by atoms with Gasteiger partial charge in [0.25, 0.3) is 0 Å². The van der Waals surface area contributed by atoms with Gasteiger partial charge in [0.2, 0.25) is 0 Å². The molecule has 0 aromatic heterocycles. The summed E-state index contributed by atoms with van der Waals surface area (Å²) in [5, 5.41) is 8.78.